The van der Waals surface area contributed by atoms with Gasteiger partial charge in [0.05, 0.1) is 18.4 Å². The highest BCUT2D eigenvalue weighted by Gasteiger charge is 2.27. The number of hydrogen-bond donors (Lipinski definition) is 0. The number of imidazole rings is 1. The molecule has 4 heterocycles. The van der Waals surface area contributed by atoms with Crippen molar-refractivity contribution in [1.82, 2.24) is 39.2 Å². The zero-order valence-corrected chi connectivity index (χ0v) is 13.9. The minimum Gasteiger partial charge on any atom is -0.333 e. The van der Waals surface area contributed by atoms with E-state index in [0.717, 1.165) is 18.1 Å². The molecule has 1 aliphatic heterocycles. The highest BCUT2D eigenvalue weighted by atomic mass is 16.2. The number of aryl methyl sites for hydroxylation is 1. The molecule has 0 aliphatic carbocycles. The SMILES string of the molecule is Cc1cnc(C(=O)N2Cc3nccn3CC(Cn3cncn3)C2)cn1. The van der Waals surface area contributed by atoms with Gasteiger partial charge in [-0.1, -0.05) is 0 Å². The van der Waals surface area contributed by atoms with E-state index in [1.165, 1.54) is 12.5 Å². The number of rotatable bonds is 3. The molecule has 25 heavy (non-hydrogen) atoms. The molecule has 0 saturated heterocycles. The molecule has 0 saturated carbocycles. The van der Waals surface area contributed by atoms with Gasteiger partial charge in [0, 0.05) is 44.1 Å². The minimum absolute atomic E-state index is 0.132. The van der Waals surface area contributed by atoms with Crippen molar-refractivity contribution in [2.45, 2.75) is 26.6 Å². The van der Waals surface area contributed by atoms with E-state index >= 15 is 0 Å². The lowest BCUT2D eigenvalue weighted by molar-refractivity contribution is 0.0706. The maximum Gasteiger partial charge on any atom is 0.274 e. The largest absolute Gasteiger partial charge is 0.333 e. The summed E-state index contributed by atoms with van der Waals surface area (Å²) >= 11 is 0. The Balaban J connectivity index is 1.60. The first-order valence-corrected chi connectivity index (χ1v) is 8.09. The van der Waals surface area contributed by atoms with Crippen LogP contribution in [0.3, 0.4) is 0 Å². The van der Waals surface area contributed by atoms with Crippen LogP contribution in [0.4, 0.5) is 0 Å². The van der Waals surface area contributed by atoms with Crippen molar-refractivity contribution in [2.75, 3.05) is 6.54 Å². The van der Waals surface area contributed by atoms with Crippen molar-refractivity contribution < 1.29 is 4.79 Å². The van der Waals surface area contributed by atoms with Crippen LogP contribution in [0.5, 0.6) is 0 Å². The van der Waals surface area contributed by atoms with Crippen LogP contribution >= 0.6 is 0 Å². The van der Waals surface area contributed by atoms with Gasteiger partial charge in [0.1, 0.15) is 24.2 Å². The topological polar surface area (TPSA) is 94.6 Å². The Morgan fingerprint density at radius 1 is 1.24 bits per heavy atom. The molecular weight excluding hydrogens is 320 g/mol. The van der Waals surface area contributed by atoms with E-state index in [9.17, 15) is 4.79 Å². The van der Waals surface area contributed by atoms with Crippen molar-refractivity contribution in [3.8, 4) is 0 Å². The average Bonchev–Trinajstić information content (AvgIpc) is 3.24. The van der Waals surface area contributed by atoms with E-state index in [0.29, 0.717) is 25.3 Å². The maximum atomic E-state index is 12.9. The fourth-order valence-corrected chi connectivity index (χ4v) is 3.07. The second kappa shape index (κ2) is 6.42. The second-order valence-corrected chi connectivity index (χ2v) is 6.21. The molecule has 0 spiro atoms. The van der Waals surface area contributed by atoms with E-state index in [-0.39, 0.29) is 11.8 Å². The van der Waals surface area contributed by atoms with E-state index in [1.807, 2.05) is 13.1 Å². The molecule has 0 N–H and O–H groups in total. The number of carbonyl (C=O) groups excluding carboxylic acids is 1. The molecule has 3 aromatic heterocycles. The zero-order valence-electron chi connectivity index (χ0n) is 13.9. The molecule has 1 unspecified atom stereocenters. The molecule has 0 radical (unpaired) electrons. The standard InChI is InChI=1S/C16H18N8O/c1-12-4-20-14(5-19-12)16(25)23-7-13(8-24-11-17-10-21-24)6-22-3-2-18-15(22)9-23/h2-5,10-11,13H,6-9H2,1H3. The fraction of sp³-hybridized carbons (Fsp3) is 0.375. The second-order valence-electron chi connectivity index (χ2n) is 6.21. The normalized spacial score (nSPS) is 17.2. The lowest BCUT2D eigenvalue weighted by Crippen LogP contribution is -2.36. The molecule has 1 amide bonds. The molecule has 9 nitrogen and oxygen atoms in total. The predicted molar refractivity (Wildman–Crippen MR) is 87.2 cm³/mol. The Morgan fingerprint density at radius 2 is 2.16 bits per heavy atom. The third-order valence-electron chi connectivity index (χ3n) is 4.27. The molecule has 0 aromatic carbocycles. The number of amides is 1. The monoisotopic (exact) mass is 338 g/mol. The zero-order chi connectivity index (χ0) is 17.2. The highest BCUT2D eigenvalue weighted by molar-refractivity contribution is 5.91. The van der Waals surface area contributed by atoms with Crippen LogP contribution < -0.4 is 0 Å². The summed E-state index contributed by atoms with van der Waals surface area (Å²) in [4.78, 5) is 31.5. The average molecular weight is 338 g/mol. The predicted octanol–water partition coefficient (Wildman–Crippen LogP) is 0.545. The summed E-state index contributed by atoms with van der Waals surface area (Å²) in [5.74, 6) is 0.932. The molecule has 1 atom stereocenters. The van der Waals surface area contributed by atoms with Crippen molar-refractivity contribution in [1.29, 1.82) is 0 Å². The summed E-state index contributed by atoms with van der Waals surface area (Å²) in [7, 11) is 0. The molecule has 1 aliphatic rings. The van der Waals surface area contributed by atoms with Crippen LogP contribution in [-0.2, 0) is 19.6 Å². The van der Waals surface area contributed by atoms with Crippen molar-refractivity contribution in [3.63, 3.8) is 0 Å². The van der Waals surface area contributed by atoms with Crippen molar-refractivity contribution >= 4 is 5.91 Å². The molecule has 9 heteroatoms. The van der Waals surface area contributed by atoms with Gasteiger partial charge in [-0.3, -0.25) is 14.5 Å². The Kier molecular flexibility index (Phi) is 3.96. The summed E-state index contributed by atoms with van der Waals surface area (Å²) in [6.45, 7) is 4.35. The van der Waals surface area contributed by atoms with Crippen LogP contribution in [0.2, 0.25) is 0 Å². The first-order valence-electron chi connectivity index (χ1n) is 8.09. The summed E-state index contributed by atoms with van der Waals surface area (Å²) < 4.78 is 3.89. The lowest BCUT2D eigenvalue weighted by Gasteiger charge is -2.23. The van der Waals surface area contributed by atoms with Crippen LogP contribution in [0.1, 0.15) is 22.0 Å². The van der Waals surface area contributed by atoms with Gasteiger partial charge in [-0.2, -0.15) is 5.10 Å². The lowest BCUT2D eigenvalue weighted by atomic mass is 10.1. The molecule has 4 rings (SSSR count). The third-order valence-corrected chi connectivity index (χ3v) is 4.27. The Bertz CT molecular complexity index is 855. The molecule has 128 valence electrons. The quantitative estimate of drug-likeness (QED) is 0.692. The van der Waals surface area contributed by atoms with Crippen LogP contribution in [0, 0.1) is 12.8 Å². The molecular formula is C16H18N8O. The number of nitrogens with zero attached hydrogens (tertiary/aromatic N) is 8. The fourth-order valence-electron chi connectivity index (χ4n) is 3.07. The van der Waals surface area contributed by atoms with E-state index in [1.54, 1.807) is 28.3 Å². The van der Waals surface area contributed by atoms with Gasteiger partial charge in [0.15, 0.2) is 0 Å². The Morgan fingerprint density at radius 3 is 2.92 bits per heavy atom. The smallest absolute Gasteiger partial charge is 0.274 e. The Hall–Kier alpha value is -3.10. The molecule has 3 aromatic rings. The summed E-state index contributed by atoms with van der Waals surface area (Å²) in [6, 6.07) is 0. The third kappa shape index (κ3) is 3.25. The minimum atomic E-state index is -0.132. The van der Waals surface area contributed by atoms with E-state index in [4.69, 9.17) is 0 Å². The van der Waals surface area contributed by atoms with E-state index in [2.05, 4.69) is 29.6 Å². The number of fused-ring (bicyclic) bond motifs is 1. The van der Waals surface area contributed by atoms with E-state index < -0.39 is 0 Å². The summed E-state index contributed by atoms with van der Waals surface area (Å²) in [6.07, 6.45) is 10.1. The van der Waals surface area contributed by atoms with Gasteiger partial charge in [-0.15, -0.1) is 0 Å². The summed E-state index contributed by atoms with van der Waals surface area (Å²) in [5.41, 5.74) is 1.14. The maximum absolute atomic E-state index is 12.9. The number of aromatic nitrogens is 7. The van der Waals surface area contributed by atoms with Gasteiger partial charge < -0.3 is 9.47 Å². The first kappa shape index (κ1) is 15.4. The van der Waals surface area contributed by atoms with Gasteiger partial charge in [0.2, 0.25) is 0 Å². The van der Waals surface area contributed by atoms with Crippen LogP contribution in [-0.4, -0.2) is 51.6 Å². The van der Waals surface area contributed by atoms with Gasteiger partial charge in [-0.25, -0.2) is 15.0 Å². The van der Waals surface area contributed by atoms with Crippen LogP contribution in [0.15, 0.2) is 37.4 Å². The van der Waals surface area contributed by atoms with Crippen molar-refractivity contribution in [2.24, 2.45) is 5.92 Å². The molecule has 0 bridgehead atoms. The molecule has 0 fully saturated rings. The van der Waals surface area contributed by atoms with Gasteiger partial charge in [-0.05, 0) is 6.92 Å². The number of carbonyl (C=O) groups is 1. The van der Waals surface area contributed by atoms with Gasteiger partial charge >= 0.3 is 0 Å². The first-order chi connectivity index (χ1) is 12.2. The van der Waals surface area contributed by atoms with Crippen molar-refractivity contribution in [3.05, 3.63) is 54.7 Å². The Labute approximate surface area is 144 Å². The number of hydrogen-bond acceptors (Lipinski definition) is 6. The van der Waals surface area contributed by atoms with Crippen LogP contribution in [0.25, 0.3) is 0 Å². The van der Waals surface area contributed by atoms with Gasteiger partial charge in [0.25, 0.3) is 5.91 Å². The summed E-state index contributed by atoms with van der Waals surface area (Å²) in [5, 5.41) is 4.18. The highest BCUT2D eigenvalue weighted by Crippen LogP contribution is 2.18.